The summed E-state index contributed by atoms with van der Waals surface area (Å²) in [5.74, 6) is 0.986. The van der Waals surface area contributed by atoms with Crippen LogP contribution in [0.15, 0.2) is 0 Å². The van der Waals surface area contributed by atoms with Crippen LogP contribution >= 0.6 is 0 Å². The van der Waals surface area contributed by atoms with Crippen LogP contribution in [0.2, 0.25) is 0 Å². The lowest BCUT2D eigenvalue weighted by Crippen LogP contribution is -2.40. The van der Waals surface area contributed by atoms with Crippen molar-refractivity contribution in [3.05, 3.63) is 0 Å². The molecule has 3 heteroatoms. The highest BCUT2D eigenvalue weighted by molar-refractivity contribution is 5.78. The lowest BCUT2D eigenvalue weighted by molar-refractivity contribution is -0.125. The molecule has 1 saturated carbocycles. The van der Waals surface area contributed by atoms with E-state index in [1.807, 2.05) is 6.92 Å². The highest BCUT2D eigenvalue weighted by atomic mass is 16.1. The number of nitrogens with two attached hydrogens (primary N) is 1. The summed E-state index contributed by atoms with van der Waals surface area (Å²) in [6.45, 7) is 4.85. The maximum Gasteiger partial charge on any atom is 0.223 e. The summed E-state index contributed by atoms with van der Waals surface area (Å²) < 4.78 is 0. The first-order chi connectivity index (χ1) is 8.65. The molecule has 0 aromatic heterocycles. The van der Waals surface area contributed by atoms with Crippen LogP contribution < -0.4 is 11.1 Å². The molecule has 0 bridgehead atoms. The number of hydrogen-bond donors (Lipinski definition) is 2. The van der Waals surface area contributed by atoms with Gasteiger partial charge in [0.1, 0.15) is 0 Å². The highest BCUT2D eigenvalue weighted by Crippen LogP contribution is 2.25. The van der Waals surface area contributed by atoms with Crippen LogP contribution in [-0.2, 0) is 4.79 Å². The van der Waals surface area contributed by atoms with E-state index >= 15 is 0 Å². The summed E-state index contributed by atoms with van der Waals surface area (Å²) in [6.07, 6.45) is 9.78. The summed E-state index contributed by atoms with van der Waals surface area (Å²) >= 11 is 0. The molecule has 0 aromatic rings. The van der Waals surface area contributed by atoms with Gasteiger partial charge < -0.3 is 11.1 Å². The van der Waals surface area contributed by atoms with Gasteiger partial charge in [-0.15, -0.1) is 0 Å². The molecule has 2 atom stereocenters. The Hall–Kier alpha value is -0.570. The first-order valence-corrected chi connectivity index (χ1v) is 7.65. The summed E-state index contributed by atoms with van der Waals surface area (Å²) in [5.41, 5.74) is 5.48. The number of carbonyl (C=O) groups is 1. The molecule has 1 fully saturated rings. The van der Waals surface area contributed by atoms with Crippen LogP contribution in [0.25, 0.3) is 0 Å². The Labute approximate surface area is 112 Å². The molecule has 1 rings (SSSR count). The average molecular weight is 254 g/mol. The fraction of sp³-hybridized carbons (Fsp3) is 0.933. The van der Waals surface area contributed by atoms with Gasteiger partial charge in [0, 0.05) is 12.0 Å². The minimum absolute atomic E-state index is 0.0989. The van der Waals surface area contributed by atoms with Gasteiger partial charge in [0.2, 0.25) is 5.91 Å². The van der Waals surface area contributed by atoms with Crippen LogP contribution in [0.4, 0.5) is 0 Å². The predicted octanol–water partition coefficient (Wildman–Crippen LogP) is 2.84. The van der Waals surface area contributed by atoms with E-state index in [1.54, 1.807) is 0 Å². The van der Waals surface area contributed by atoms with E-state index in [1.165, 1.54) is 38.5 Å². The van der Waals surface area contributed by atoms with Crippen molar-refractivity contribution in [1.82, 2.24) is 5.32 Å². The smallest absolute Gasteiger partial charge is 0.223 e. The maximum absolute atomic E-state index is 12.0. The molecule has 3 nitrogen and oxygen atoms in total. The molecule has 0 aliphatic heterocycles. The van der Waals surface area contributed by atoms with Gasteiger partial charge in [-0.1, -0.05) is 32.6 Å². The minimum atomic E-state index is 0.0989. The Bertz CT molecular complexity index is 235. The van der Waals surface area contributed by atoms with Gasteiger partial charge in [-0.25, -0.2) is 0 Å². The average Bonchev–Trinajstić information content (AvgIpc) is 2.64. The number of amides is 1. The van der Waals surface area contributed by atoms with E-state index in [0.717, 1.165) is 12.8 Å². The molecular formula is C15H30N2O. The summed E-state index contributed by atoms with van der Waals surface area (Å²) in [4.78, 5) is 12.0. The van der Waals surface area contributed by atoms with Crippen molar-refractivity contribution in [3.63, 3.8) is 0 Å². The second-order valence-corrected chi connectivity index (χ2v) is 5.88. The second-order valence-electron chi connectivity index (χ2n) is 5.88. The van der Waals surface area contributed by atoms with Gasteiger partial charge in [0.05, 0.1) is 0 Å². The summed E-state index contributed by atoms with van der Waals surface area (Å²) in [5, 5.41) is 3.21. The van der Waals surface area contributed by atoms with Crippen molar-refractivity contribution in [3.8, 4) is 0 Å². The third-order valence-electron chi connectivity index (χ3n) is 4.27. The zero-order chi connectivity index (χ0) is 13.4. The Kier molecular flexibility index (Phi) is 7.33. The van der Waals surface area contributed by atoms with Crippen LogP contribution in [0.3, 0.4) is 0 Å². The van der Waals surface area contributed by atoms with E-state index in [-0.39, 0.29) is 11.8 Å². The first kappa shape index (κ1) is 15.5. The Morgan fingerprint density at radius 2 is 1.83 bits per heavy atom. The minimum Gasteiger partial charge on any atom is -0.353 e. The second kappa shape index (κ2) is 8.52. The Balaban J connectivity index is 2.32. The van der Waals surface area contributed by atoms with E-state index in [9.17, 15) is 4.79 Å². The number of carbonyl (C=O) groups excluding carboxylic acids is 1. The topological polar surface area (TPSA) is 55.1 Å². The number of rotatable bonds is 6. The Morgan fingerprint density at radius 3 is 2.39 bits per heavy atom. The van der Waals surface area contributed by atoms with Crippen molar-refractivity contribution in [1.29, 1.82) is 0 Å². The van der Waals surface area contributed by atoms with Gasteiger partial charge in [-0.2, -0.15) is 0 Å². The fourth-order valence-corrected chi connectivity index (χ4v) is 2.85. The van der Waals surface area contributed by atoms with Crippen molar-refractivity contribution >= 4 is 5.91 Å². The maximum atomic E-state index is 12.0. The van der Waals surface area contributed by atoms with Crippen molar-refractivity contribution in [2.24, 2.45) is 17.6 Å². The number of hydrogen-bond acceptors (Lipinski definition) is 2. The molecule has 0 heterocycles. The molecular weight excluding hydrogens is 224 g/mol. The molecule has 3 N–H and O–H groups in total. The third kappa shape index (κ3) is 5.38. The monoisotopic (exact) mass is 254 g/mol. The zero-order valence-corrected chi connectivity index (χ0v) is 12.1. The predicted molar refractivity (Wildman–Crippen MR) is 76.2 cm³/mol. The van der Waals surface area contributed by atoms with Crippen molar-refractivity contribution in [2.75, 3.05) is 6.54 Å². The molecule has 1 aliphatic rings. The van der Waals surface area contributed by atoms with E-state index < -0.39 is 0 Å². The van der Waals surface area contributed by atoms with Crippen molar-refractivity contribution < 1.29 is 4.79 Å². The van der Waals surface area contributed by atoms with Crippen LogP contribution in [0.1, 0.15) is 65.2 Å². The SMILES string of the molecule is CC(CCCN)C(=O)N[C@H](C)C1CCCCCC1. The molecule has 106 valence electrons. The van der Waals surface area contributed by atoms with E-state index in [2.05, 4.69) is 12.2 Å². The summed E-state index contributed by atoms with van der Waals surface area (Å²) in [7, 11) is 0. The molecule has 1 amide bonds. The molecule has 1 aliphatic carbocycles. The van der Waals surface area contributed by atoms with Gasteiger partial charge in [0.15, 0.2) is 0 Å². The molecule has 1 unspecified atom stereocenters. The van der Waals surface area contributed by atoms with Crippen LogP contribution in [0.5, 0.6) is 0 Å². The lowest BCUT2D eigenvalue weighted by Gasteiger charge is -2.25. The van der Waals surface area contributed by atoms with E-state index in [4.69, 9.17) is 5.73 Å². The third-order valence-corrected chi connectivity index (χ3v) is 4.27. The van der Waals surface area contributed by atoms with Crippen molar-refractivity contribution in [2.45, 2.75) is 71.3 Å². The standard InChI is InChI=1S/C15H30N2O/c1-12(8-7-11-16)15(18)17-13(2)14-9-5-3-4-6-10-14/h12-14H,3-11,16H2,1-2H3,(H,17,18)/t12?,13-/m1/s1. The number of nitrogens with one attached hydrogen (secondary N) is 1. The van der Waals surface area contributed by atoms with Gasteiger partial charge in [0.25, 0.3) is 0 Å². The first-order valence-electron chi connectivity index (χ1n) is 7.65. The quantitative estimate of drug-likeness (QED) is 0.716. The Morgan fingerprint density at radius 1 is 1.22 bits per heavy atom. The molecule has 0 aromatic carbocycles. The normalized spacial score (nSPS) is 21.1. The highest BCUT2D eigenvalue weighted by Gasteiger charge is 2.22. The largest absolute Gasteiger partial charge is 0.353 e. The molecule has 0 radical (unpaired) electrons. The van der Waals surface area contributed by atoms with Gasteiger partial charge in [-0.3, -0.25) is 4.79 Å². The molecule has 0 saturated heterocycles. The zero-order valence-electron chi connectivity index (χ0n) is 12.1. The van der Waals surface area contributed by atoms with Gasteiger partial charge in [-0.05, 0) is 45.1 Å². The van der Waals surface area contributed by atoms with Crippen LogP contribution in [-0.4, -0.2) is 18.5 Å². The fourth-order valence-electron chi connectivity index (χ4n) is 2.85. The molecule has 18 heavy (non-hydrogen) atoms. The van der Waals surface area contributed by atoms with E-state index in [0.29, 0.717) is 18.5 Å². The summed E-state index contributed by atoms with van der Waals surface area (Å²) in [6, 6.07) is 0.330. The van der Waals surface area contributed by atoms with Gasteiger partial charge >= 0.3 is 0 Å². The molecule has 0 spiro atoms. The lowest BCUT2D eigenvalue weighted by atomic mass is 9.92. The van der Waals surface area contributed by atoms with Crippen LogP contribution in [0, 0.1) is 11.8 Å².